The lowest BCUT2D eigenvalue weighted by molar-refractivity contribution is 0.0181. The average Bonchev–Trinajstić information content (AvgIpc) is 2.65. The van der Waals surface area contributed by atoms with Crippen LogP contribution in [0.25, 0.3) is 0 Å². The Labute approximate surface area is 147 Å². The van der Waals surface area contributed by atoms with E-state index in [4.69, 9.17) is 9.47 Å². The van der Waals surface area contributed by atoms with Gasteiger partial charge in [0.2, 0.25) is 0 Å². The number of amides is 2. The molecule has 25 heavy (non-hydrogen) atoms. The summed E-state index contributed by atoms with van der Waals surface area (Å²) in [6.07, 6.45) is 5.33. The SMILES string of the molecule is CCOC1CCCN(C(=O)Nc2ccc(Oc3ncccn3)cc2)C1. The topological polar surface area (TPSA) is 76.6 Å². The predicted molar refractivity (Wildman–Crippen MR) is 93.8 cm³/mol. The molecule has 2 heterocycles. The highest BCUT2D eigenvalue weighted by Gasteiger charge is 2.23. The number of hydrogen-bond acceptors (Lipinski definition) is 5. The number of carbonyl (C=O) groups excluding carboxylic acids is 1. The van der Waals surface area contributed by atoms with E-state index < -0.39 is 0 Å². The zero-order valence-electron chi connectivity index (χ0n) is 14.2. The van der Waals surface area contributed by atoms with Crippen molar-refractivity contribution in [3.05, 3.63) is 42.7 Å². The van der Waals surface area contributed by atoms with Crippen LogP contribution in [0, 0.1) is 0 Å². The van der Waals surface area contributed by atoms with Gasteiger partial charge in [-0.3, -0.25) is 0 Å². The van der Waals surface area contributed by atoms with Crippen LogP contribution in [0.15, 0.2) is 42.7 Å². The number of hydrogen-bond donors (Lipinski definition) is 1. The molecule has 0 aliphatic carbocycles. The molecule has 132 valence electrons. The Kier molecular flexibility index (Phi) is 5.79. The fourth-order valence-corrected chi connectivity index (χ4v) is 2.75. The quantitative estimate of drug-likeness (QED) is 0.902. The number of likely N-dealkylation sites (tertiary alicyclic amines) is 1. The number of benzene rings is 1. The maximum atomic E-state index is 12.4. The monoisotopic (exact) mass is 342 g/mol. The largest absolute Gasteiger partial charge is 0.424 e. The van der Waals surface area contributed by atoms with Crippen molar-refractivity contribution in [2.24, 2.45) is 0 Å². The first-order chi connectivity index (χ1) is 12.2. The van der Waals surface area contributed by atoms with Crippen LogP contribution in [0.5, 0.6) is 11.8 Å². The minimum atomic E-state index is -0.107. The van der Waals surface area contributed by atoms with E-state index in [0.717, 1.165) is 19.4 Å². The van der Waals surface area contributed by atoms with Crippen LogP contribution in [0.2, 0.25) is 0 Å². The van der Waals surface area contributed by atoms with Gasteiger partial charge in [0.15, 0.2) is 0 Å². The second-order valence-electron chi connectivity index (χ2n) is 5.75. The van der Waals surface area contributed by atoms with E-state index in [1.807, 2.05) is 6.92 Å². The molecule has 1 unspecified atom stereocenters. The van der Waals surface area contributed by atoms with Gasteiger partial charge in [0.05, 0.1) is 6.10 Å². The molecular weight excluding hydrogens is 320 g/mol. The molecular formula is C18H22N4O3. The van der Waals surface area contributed by atoms with Gasteiger partial charge in [-0.1, -0.05) is 0 Å². The number of nitrogens with one attached hydrogen (secondary N) is 1. The Hall–Kier alpha value is -2.67. The van der Waals surface area contributed by atoms with Crippen LogP contribution >= 0.6 is 0 Å². The van der Waals surface area contributed by atoms with Gasteiger partial charge in [0.25, 0.3) is 0 Å². The molecule has 1 saturated heterocycles. The molecule has 1 aromatic carbocycles. The van der Waals surface area contributed by atoms with Gasteiger partial charge in [0.1, 0.15) is 5.75 Å². The van der Waals surface area contributed by atoms with Gasteiger partial charge in [-0.05, 0) is 50.1 Å². The Morgan fingerprint density at radius 2 is 2.04 bits per heavy atom. The summed E-state index contributed by atoms with van der Waals surface area (Å²) in [6.45, 7) is 4.03. The third kappa shape index (κ3) is 4.90. The summed E-state index contributed by atoms with van der Waals surface area (Å²) in [5.41, 5.74) is 0.713. The lowest BCUT2D eigenvalue weighted by Gasteiger charge is -2.32. The van der Waals surface area contributed by atoms with Crippen LogP contribution < -0.4 is 10.1 Å². The van der Waals surface area contributed by atoms with E-state index in [0.29, 0.717) is 24.6 Å². The van der Waals surface area contributed by atoms with Crippen molar-refractivity contribution >= 4 is 11.7 Å². The molecule has 0 radical (unpaired) electrons. The number of aromatic nitrogens is 2. The smallest absolute Gasteiger partial charge is 0.321 e. The zero-order chi connectivity index (χ0) is 17.5. The number of carbonyl (C=O) groups is 1. The molecule has 7 heteroatoms. The molecule has 1 aromatic heterocycles. The minimum Gasteiger partial charge on any atom is -0.424 e. The number of ether oxygens (including phenoxy) is 2. The fourth-order valence-electron chi connectivity index (χ4n) is 2.75. The van der Waals surface area contributed by atoms with Crippen LogP contribution in [0.4, 0.5) is 10.5 Å². The van der Waals surface area contributed by atoms with Gasteiger partial charge in [0, 0.05) is 37.8 Å². The van der Waals surface area contributed by atoms with Crippen LogP contribution in [0.3, 0.4) is 0 Å². The Morgan fingerprint density at radius 1 is 1.28 bits per heavy atom. The van der Waals surface area contributed by atoms with Crippen LogP contribution in [0.1, 0.15) is 19.8 Å². The average molecular weight is 342 g/mol. The van der Waals surface area contributed by atoms with Crippen molar-refractivity contribution in [2.75, 3.05) is 25.0 Å². The first-order valence-electron chi connectivity index (χ1n) is 8.47. The fraction of sp³-hybridized carbons (Fsp3) is 0.389. The predicted octanol–water partition coefficient (Wildman–Crippen LogP) is 3.30. The third-order valence-electron chi connectivity index (χ3n) is 3.92. The van der Waals surface area contributed by atoms with E-state index in [1.54, 1.807) is 47.6 Å². The summed E-state index contributed by atoms with van der Waals surface area (Å²) < 4.78 is 11.2. The Morgan fingerprint density at radius 3 is 2.76 bits per heavy atom. The molecule has 1 aliphatic heterocycles. The van der Waals surface area contributed by atoms with Crippen molar-refractivity contribution in [2.45, 2.75) is 25.9 Å². The molecule has 0 bridgehead atoms. The molecule has 2 aromatic rings. The maximum absolute atomic E-state index is 12.4. The molecule has 1 atom stereocenters. The van der Waals surface area contributed by atoms with E-state index in [-0.39, 0.29) is 18.1 Å². The highest BCUT2D eigenvalue weighted by atomic mass is 16.5. The molecule has 2 amide bonds. The molecule has 1 fully saturated rings. The zero-order valence-corrected chi connectivity index (χ0v) is 14.2. The van der Waals surface area contributed by atoms with E-state index >= 15 is 0 Å². The molecule has 7 nitrogen and oxygen atoms in total. The van der Waals surface area contributed by atoms with E-state index in [9.17, 15) is 4.79 Å². The number of rotatable bonds is 5. The molecule has 1 aliphatic rings. The molecule has 1 N–H and O–H groups in total. The molecule has 0 saturated carbocycles. The summed E-state index contributed by atoms with van der Waals surface area (Å²) in [7, 11) is 0. The van der Waals surface area contributed by atoms with E-state index in [1.165, 1.54) is 0 Å². The summed E-state index contributed by atoms with van der Waals surface area (Å²) in [6, 6.07) is 9.03. The van der Waals surface area contributed by atoms with Crippen molar-refractivity contribution in [1.29, 1.82) is 0 Å². The summed E-state index contributed by atoms with van der Waals surface area (Å²) >= 11 is 0. The van der Waals surface area contributed by atoms with Crippen molar-refractivity contribution < 1.29 is 14.3 Å². The third-order valence-corrected chi connectivity index (χ3v) is 3.92. The molecule has 0 spiro atoms. The maximum Gasteiger partial charge on any atom is 0.321 e. The Balaban J connectivity index is 1.55. The first-order valence-corrected chi connectivity index (χ1v) is 8.47. The van der Waals surface area contributed by atoms with Gasteiger partial charge >= 0.3 is 12.0 Å². The van der Waals surface area contributed by atoms with Gasteiger partial charge in [-0.25, -0.2) is 14.8 Å². The first kappa shape index (κ1) is 17.2. The van der Waals surface area contributed by atoms with Gasteiger partial charge < -0.3 is 19.7 Å². The standard InChI is InChI=1S/C18H22N4O3/c1-2-24-16-5-3-12-22(13-16)18(23)21-14-6-8-15(9-7-14)25-17-19-10-4-11-20-17/h4,6-11,16H,2-3,5,12-13H2,1H3,(H,21,23). The lowest BCUT2D eigenvalue weighted by atomic mass is 10.1. The minimum absolute atomic E-state index is 0.107. The van der Waals surface area contributed by atoms with Crippen molar-refractivity contribution in [1.82, 2.24) is 14.9 Å². The van der Waals surface area contributed by atoms with Gasteiger partial charge in [-0.2, -0.15) is 0 Å². The highest BCUT2D eigenvalue weighted by Crippen LogP contribution is 2.21. The van der Waals surface area contributed by atoms with Crippen LogP contribution in [-0.4, -0.2) is 46.7 Å². The molecule has 3 rings (SSSR count). The second kappa shape index (κ2) is 8.43. The van der Waals surface area contributed by atoms with Crippen molar-refractivity contribution in [3.63, 3.8) is 0 Å². The number of nitrogens with zero attached hydrogens (tertiary/aromatic N) is 3. The Bertz CT molecular complexity index is 676. The normalized spacial score (nSPS) is 17.2. The summed E-state index contributed by atoms with van der Waals surface area (Å²) in [5.74, 6) is 0.610. The number of anilines is 1. The van der Waals surface area contributed by atoms with E-state index in [2.05, 4.69) is 15.3 Å². The lowest BCUT2D eigenvalue weighted by Crippen LogP contribution is -2.45. The van der Waals surface area contributed by atoms with Crippen molar-refractivity contribution in [3.8, 4) is 11.8 Å². The number of piperidine rings is 1. The number of urea groups is 1. The highest BCUT2D eigenvalue weighted by molar-refractivity contribution is 5.89. The van der Waals surface area contributed by atoms with Crippen LogP contribution in [-0.2, 0) is 4.74 Å². The summed E-state index contributed by atoms with van der Waals surface area (Å²) in [4.78, 5) is 22.2. The summed E-state index contributed by atoms with van der Waals surface area (Å²) in [5, 5.41) is 2.91. The second-order valence-corrected chi connectivity index (χ2v) is 5.75. The van der Waals surface area contributed by atoms with Gasteiger partial charge in [-0.15, -0.1) is 0 Å².